The third kappa shape index (κ3) is 5.21. The molecule has 29 heavy (non-hydrogen) atoms. The predicted octanol–water partition coefficient (Wildman–Crippen LogP) is 4.71. The molecule has 4 nitrogen and oxygen atoms in total. The summed E-state index contributed by atoms with van der Waals surface area (Å²) in [4.78, 5) is 14.9. The first-order chi connectivity index (χ1) is 14.1. The molecule has 3 rings (SSSR count). The van der Waals surface area contributed by atoms with E-state index in [-0.39, 0.29) is 17.9 Å². The number of hydrogen-bond acceptors (Lipinski definition) is 4. The summed E-state index contributed by atoms with van der Waals surface area (Å²) in [6, 6.07) is 23.4. The molecule has 0 aliphatic heterocycles. The molecule has 0 spiro atoms. The number of rotatable bonds is 8. The topological polar surface area (TPSA) is 55.6 Å². The van der Waals surface area contributed by atoms with E-state index in [2.05, 4.69) is 0 Å². The van der Waals surface area contributed by atoms with E-state index in [0.29, 0.717) is 13.1 Å². The molecule has 0 heterocycles. The molecule has 2 N–H and O–H groups in total. The fraction of sp³-hybridized carbons (Fsp3) is 0.208. The van der Waals surface area contributed by atoms with Gasteiger partial charge in [-0.1, -0.05) is 72.8 Å². The van der Waals surface area contributed by atoms with E-state index < -0.39 is 17.8 Å². The Balaban J connectivity index is 2.05. The molecule has 1 unspecified atom stereocenters. The largest absolute Gasteiger partial charge is 0.465 e. The Kier molecular flexibility index (Phi) is 6.98. The fourth-order valence-electron chi connectivity index (χ4n) is 3.35. The normalized spacial score (nSPS) is 12.0. The fourth-order valence-corrected chi connectivity index (χ4v) is 3.35. The lowest BCUT2D eigenvalue weighted by Gasteiger charge is -2.31. The Morgan fingerprint density at radius 3 is 2.00 bits per heavy atom. The zero-order valence-electron chi connectivity index (χ0n) is 16.4. The third-order valence-electron chi connectivity index (χ3n) is 4.69. The maximum atomic E-state index is 14.9. The van der Waals surface area contributed by atoms with E-state index in [0.717, 1.165) is 11.1 Å². The summed E-state index contributed by atoms with van der Waals surface area (Å²) in [7, 11) is 0. The van der Waals surface area contributed by atoms with Crippen LogP contribution in [-0.2, 0) is 22.6 Å². The van der Waals surface area contributed by atoms with Crippen LogP contribution in [0.15, 0.2) is 78.9 Å². The Labute approximate surface area is 170 Å². The van der Waals surface area contributed by atoms with Gasteiger partial charge in [-0.2, -0.15) is 0 Å². The molecule has 0 amide bonds. The van der Waals surface area contributed by atoms with Gasteiger partial charge in [0.05, 0.1) is 12.3 Å². The molecule has 0 aromatic heterocycles. The minimum atomic E-state index is -0.918. The number of halogens is 1. The maximum Gasteiger partial charge on any atom is 0.328 e. The van der Waals surface area contributed by atoms with Crippen LogP contribution in [0, 0.1) is 5.82 Å². The van der Waals surface area contributed by atoms with Crippen LogP contribution in [0.4, 0.5) is 10.1 Å². The van der Waals surface area contributed by atoms with Crippen molar-refractivity contribution in [1.29, 1.82) is 0 Å². The van der Waals surface area contributed by atoms with Gasteiger partial charge in [-0.05, 0) is 24.1 Å². The smallest absolute Gasteiger partial charge is 0.328 e. The zero-order chi connectivity index (χ0) is 20.6. The lowest BCUT2D eigenvalue weighted by Crippen LogP contribution is -2.35. The van der Waals surface area contributed by atoms with Crippen molar-refractivity contribution >= 4 is 11.7 Å². The molecule has 1 atom stereocenters. The number of nitrogens with two attached hydrogens (primary N) is 1. The summed E-state index contributed by atoms with van der Waals surface area (Å²) in [5.74, 6) is -1.08. The van der Waals surface area contributed by atoms with Gasteiger partial charge in [0.15, 0.2) is 5.82 Å². The van der Waals surface area contributed by atoms with Crippen molar-refractivity contribution in [3.63, 3.8) is 0 Å². The summed E-state index contributed by atoms with van der Waals surface area (Å²) < 4.78 is 20.3. The quantitative estimate of drug-likeness (QED) is 0.445. The van der Waals surface area contributed by atoms with Crippen LogP contribution in [0.25, 0.3) is 0 Å². The van der Waals surface area contributed by atoms with Crippen molar-refractivity contribution < 1.29 is 13.9 Å². The van der Waals surface area contributed by atoms with Gasteiger partial charge < -0.3 is 10.5 Å². The highest BCUT2D eigenvalue weighted by Gasteiger charge is 2.32. The molecule has 3 aromatic carbocycles. The van der Waals surface area contributed by atoms with E-state index in [1.54, 1.807) is 19.1 Å². The number of carbonyl (C=O) groups excluding carboxylic acids is 1. The molecule has 0 radical (unpaired) electrons. The Morgan fingerprint density at radius 1 is 0.931 bits per heavy atom. The molecule has 0 saturated carbocycles. The van der Waals surface area contributed by atoms with Crippen molar-refractivity contribution in [1.82, 2.24) is 4.90 Å². The molecular weight excluding hydrogens is 367 g/mol. The van der Waals surface area contributed by atoms with E-state index in [1.165, 1.54) is 6.07 Å². The number of carbonyl (C=O) groups is 1. The summed E-state index contributed by atoms with van der Waals surface area (Å²) in [6.45, 7) is 2.86. The van der Waals surface area contributed by atoms with Gasteiger partial charge in [0.2, 0.25) is 0 Å². The van der Waals surface area contributed by atoms with Crippen molar-refractivity contribution in [3.8, 4) is 0 Å². The van der Waals surface area contributed by atoms with Crippen LogP contribution >= 0.6 is 0 Å². The summed E-state index contributed by atoms with van der Waals surface area (Å²) >= 11 is 0. The second kappa shape index (κ2) is 9.85. The van der Waals surface area contributed by atoms with E-state index in [4.69, 9.17) is 10.5 Å². The monoisotopic (exact) mass is 392 g/mol. The second-order valence-corrected chi connectivity index (χ2v) is 6.78. The number of nitrogen functional groups attached to an aromatic ring is 1. The molecule has 0 bridgehead atoms. The first-order valence-electron chi connectivity index (χ1n) is 9.62. The summed E-state index contributed by atoms with van der Waals surface area (Å²) in [5.41, 5.74) is 8.05. The summed E-state index contributed by atoms with van der Waals surface area (Å²) in [6.07, 6.45) is 0. The van der Waals surface area contributed by atoms with Crippen LogP contribution < -0.4 is 5.73 Å². The number of nitrogens with zero attached hydrogens (tertiary/aromatic N) is 1. The highest BCUT2D eigenvalue weighted by atomic mass is 19.1. The highest BCUT2D eigenvalue weighted by molar-refractivity contribution is 5.78. The van der Waals surface area contributed by atoms with Gasteiger partial charge in [-0.15, -0.1) is 0 Å². The molecule has 150 valence electrons. The van der Waals surface area contributed by atoms with Crippen LogP contribution in [0.2, 0.25) is 0 Å². The first-order valence-corrected chi connectivity index (χ1v) is 9.62. The minimum Gasteiger partial charge on any atom is -0.465 e. The average Bonchev–Trinajstić information content (AvgIpc) is 2.73. The van der Waals surface area contributed by atoms with Gasteiger partial charge >= 0.3 is 5.97 Å². The van der Waals surface area contributed by atoms with Crippen molar-refractivity contribution in [2.24, 2.45) is 0 Å². The van der Waals surface area contributed by atoms with Gasteiger partial charge in [-0.3, -0.25) is 4.90 Å². The van der Waals surface area contributed by atoms with Crippen LogP contribution in [0.3, 0.4) is 0 Å². The van der Waals surface area contributed by atoms with Crippen LogP contribution in [0.5, 0.6) is 0 Å². The first kappa shape index (κ1) is 20.6. The van der Waals surface area contributed by atoms with E-state index in [9.17, 15) is 9.18 Å². The molecule has 3 aromatic rings. The Morgan fingerprint density at radius 2 is 1.48 bits per heavy atom. The van der Waals surface area contributed by atoms with Gasteiger partial charge in [0.25, 0.3) is 0 Å². The van der Waals surface area contributed by atoms with Crippen LogP contribution in [-0.4, -0.2) is 17.5 Å². The van der Waals surface area contributed by atoms with Crippen molar-refractivity contribution in [2.75, 3.05) is 12.3 Å². The number of hydrogen-bond donors (Lipinski definition) is 1. The van der Waals surface area contributed by atoms with Gasteiger partial charge in [-0.25, -0.2) is 9.18 Å². The van der Waals surface area contributed by atoms with Gasteiger partial charge in [0, 0.05) is 18.7 Å². The van der Waals surface area contributed by atoms with Crippen molar-refractivity contribution in [2.45, 2.75) is 26.1 Å². The molecule has 0 aliphatic carbocycles. The van der Waals surface area contributed by atoms with Crippen molar-refractivity contribution in [3.05, 3.63) is 101 Å². The number of ether oxygens (including phenoxy) is 1. The number of benzene rings is 3. The molecular formula is C24H25FN2O2. The molecule has 0 saturated heterocycles. The van der Waals surface area contributed by atoms with Gasteiger partial charge in [0.1, 0.15) is 6.04 Å². The lowest BCUT2D eigenvalue weighted by molar-refractivity contribution is -0.150. The maximum absolute atomic E-state index is 14.9. The Hall–Kier alpha value is -3.18. The lowest BCUT2D eigenvalue weighted by atomic mass is 10.0. The molecule has 0 aliphatic rings. The summed E-state index contributed by atoms with van der Waals surface area (Å²) in [5, 5.41) is 0. The molecule has 5 heteroatoms. The number of anilines is 1. The van der Waals surface area contributed by atoms with E-state index in [1.807, 2.05) is 65.6 Å². The second-order valence-electron chi connectivity index (χ2n) is 6.78. The predicted molar refractivity (Wildman–Crippen MR) is 112 cm³/mol. The standard InChI is InChI=1S/C24H25FN2O2/c1-2-29-24(28)23(20-14-9-15-21(26)22(20)25)27(16-18-10-5-3-6-11-18)17-19-12-7-4-8-13-19/h3-15,23H,2,16-17,26H2,1H3. The zero-order valence-corrected chi connectivity index (χ0v) is 16.4. The molecule has 0 fully saturated rings. The highest BCUT2D eigenvalue weighted by Crippen LogP contribution is 2.30. The Bertz CT molecular complexity index is 891. The van der Waals surface area contributed by atoms with E-state index >= 15 is 0 Å². The average molecular weight is 392 g/mol. The van der Waals surface area contributed by atoms with Crippen LogP contribution in [0.1, 0.15) is 29.7 Å². The third-order valence-corrected chi connectivity index (χ3v) is 4.69. The number of esters is 1. The minimum absolute atomic E-state index is 0.0103. The SMILES string of the molecule is CCOC(=O)C(c1cccc(N)c1F)N(Cc1ccccc1)Cc1ccccc1.